The largest absolute Gasteiger partial charge is 0.457 e. The molecule has 1 aromatic heterocycles. The summed E-state index contributed by atoms with van der Waals surface area (Å²) in [6.45, 7) is 1.88. The second-order valence-corrected chi connectivity index (χ2v) is 12.2. The SMILES string of the molecule is Cc1cc(Oc2ccccc2)ccc1C1(N)C(=O)C(N)c2c(C(=O)NC3CCC(OC(N)=O)CC3)sc3c(N)ccc1c23. The topological polar surface area (TPSA) is 186 Å². The Morgan fingerprint density at radius 2 is 1.67 bits per heavy atom. The lowest BCUT2D eigenvalue weighted by molar-refractivity contribution is -0.124. The van der Waals surface area contributed by atoms with Gasteiger partial charge in [-0.25, -0.2) is 4.79 Å². The number of para-hydroxylation sites is 1. The lowest BCUT2D eigenvalue weighted by atomic mass is 9.69. The predicted octanol–water partition coefficient (Wildman–Crippen LogP) is 4.51. The van der Waals surface area contributed by atoms with E-state index in [1.165, 1.54) is 11.3 Å². The van der Waals surface area contributed by atoms with Crippen molar-refractivity contribution in [3.05, 3.63) is 87.8 Å². The van der Waals surface area contributed by atoms with Crippen LogP contribution >= 0.6 is 11.3 Å². The number of hydrogen-bond donors (Lipinski definition) is 5. The van der Waals surface area contributed by atoms with Crippen molar-refractivity contribution in [3.63, 3.8) is 0 Å². The number of benzene rings is 3. The summed E-state index contributed by atoms with van der Waals surface area (Å²) in [5, 5.41) is 3.72. The first-order valence-electron chi connectivity index (χ1n) is 14.1. The monoisotopic (exact) mass is 599 g/mol. The van der Waals surface area contributed by atoms with Gasteiger partial charge >= 0.3 is 6.09 Å². The van der Waals surface area contributed by atoms with Crippen molar-refractivity contribution in [2.24, 2.45) is 17.2 Å². The van der Waals surface area contributed by atoms with Gasteiger partial charge in [-0.2, -0.15) is 0 Å². The highest BCUT2D eigenvalue weighted by Crippen LogP contribution is 2.50. The van der Waals surface area contributed by atoms with E-state index in [0.717, 1.165) is 5.56 Å². The second kappa shape index (κ2) is 11.0. The summed E-state index contributed by atoms with van der Waals surface area (Å²) in [5.41, 5.74) is 26.5. The van der Waals surface area contributed by atoms with Crippen LogP contribution in [0.2, 0.25) is 0 Å². The zero-order chi connectivity index (χ0) is 30.5. The van der Waals surface area contributed by atoms with Crippen LogP contribution in [0.3, 0.4) is 0 Å². The Hall–Kier alpha value is -4.45. The van der Waals surface area contributed by atoms with Crippen molar-refractivity contribution < 1.29 is 23.9 Å². The van der Waals surface area contributed by atoms with Gasteiger partial charge in [0.05, 0.1) is 15.6 Å². The third-order valence-electron chi connectivity index (χ3n) is 8.41. The molecule has 0 aliphatic heterocycles. The number of primary amides is 1. The quantitative estimate of drug-likeness (QED) is 0.200. The number of hydrogen-bond acceptors (Lipinski definition) is 9. The number of nitrogens with one attached hydrogen (secondary N) is 1. The number of ketones is 1. The molecule has 0 radical (unpaired) electrons. The average molecular weight is 600 g/mol. The van der Waals surface area contributed by atoms with Gasteiger partial charge in [-0.05, 0) is 79.6 Å². The van der Waals surface area contributed by atoms with Crippen molar-refractivity contribution in [1.29, 1.82) is 0 Å². The van der Waals surface area contributed by atoms with Crippen LogP contribution in [0.1, 0.15) is 63.7 Å². The van der Waals surface area contributed by atoms with Crippen molar-refractivity contribution in [1.82, 2.24) is 5.32 Å². The van der Waals surface area contributed by atoms with Gasteiger partial charge in [0.25, 0.3) is 5.91 Å². The number of ether oxygens (including phenoxy) is 2. The van der Waals surface area contributed by atoms with Crippen LogP contribution in [0.15, 0.2) is 60.7 Å². The van der Waals surface area contributed by atoms with Crippen LogP contribution in [-0.4, -0.2) is 29.9 Å². The highest BCUT2D eigenvalue weighted by atomic mass is 32.1. The van der Waals surface area contributed by atoms with Crippen LogP contribution in [0.4, 0.5) is 10.5 Å². The minimum absolute atomic E-state index is 0.127. The maximum Gasteiger partial charge on any atom is 0.404 e. The molecule has 2 aliphatic carbocycles. The lowest BCUT2D eigenvalue weighted by Gasteiger charge is -2.37. The number of carbonyl (C=O) groups is 3. The molecule has 222 valence electrons. The van der Waals surface area contributed by atoms with Crippen LogP contribution in [0.25, 0.3) is 10.1 Å². The van der Waals surface area contributed by atoms with Gasteiger partial charge in [-0.1, -0.05) is 30.3 Å². The molecule has 9 N–H and O–H groups in total. The summed E-state index contributed by atoms with van der Waals surface area (Å²) in [5.74, 6) is 0.556. The number of rotatable bonds is 6. The summed E-state index contributed by atoms with van der Waals surface area (Å²) < 4.78 is 11.8. The summed E-state index contributed by atoms with van der Waals surface area (Å²) in [6, 6.07) is 17.0. The van der Waals surface area contributed by atoms with E-state index in [1.54, 1.807) is 24.3 Å². The zero-order valence-electron chi connectivity index (χ0n) is 23.6. The highest BCUT2D eigenvalue weighted by molar-refractivity contribution is 7.21. The lowest BCUT2D eigenvalue weighted by Crippen LogP contribution is -2.53. The molecule has 0 spiro atoms. The molecule has 1 heterocycles. The molecule has 43 heavy (non-hydrogen) atoms. The molecule has 4 aromatic rings. The third kappa shape index (κ3) is 4.99. The molecule has 1 saturated carbocycles. The van der Waals surface area contributed by atoms with Crippen molar-refractivity contribution in [3.8, 4) is 11.5 Å². The summed E-state index contributed by atoms with van der Waals surface area (Å²) in [4.78, 5) is 39.2. The molecule has 2 atom stereocenters. The Balaban J connectivity index is 1.35. The van der Waals surface area contributed by atoms with Gasteiger partial charge in [-0.15, -0.1) is 11.3 Å². The van der Waals surface area contributed by atoms with Crippen LogP contribution < -0.4 is 33.0 Å². The first kappa shape index (κ1) is 28.7. The zero-order valence-corrected chi connectivity index (χ0v) is 24.4. The maximum atomic E-state index is 14.2. The molecule has 2 amide bonds. The Bertz CT molecular complexity index is 1750. The molecule has 3 aromatic carbocycles. The predicted molar refractivity (Wildman–Crippen MR) is 165 cm³/mol. The fourth-order valence-corrected chi connectivity index (χ4v) is 7.54. The van der Waals surface area contributed by atoms with Crippen molar-refractivity contribution in [2.45, 2.75) is 56.3 Å². The van der Waals surface area contributed by atoms with Gasteiger partial charge in [-0.3, -0.25) is 9.59 Å². The number of carbonyl (C=O) groups excluding carboxylic acids is 3. The standard InChI is InChI=1S/C32H33N5O5S/c1-16-15-20(41-18-5-3-2-4-6-18)11-12-21(16)32(36)22-13-14-23(33)27-24(22)25(26(34)29(32)38)28(43-27)30(39)37-17-7-9-19(10-8-17)42-31(35)40/h2-6,11-15,17,19,26H,7-10,33-34,36H2,1H3,(H2,35,40)(H,37,39). The van der Waals surface area contributed by atoms with E-state index < -0.39 is 23.5 Å². The van der Waals surface area contributed by atoms with E-state index in [1.807, 2.05) is 43.3 Å². The van der Waals surface area contributed by atoms with E-state index in [-0.39, 0.29) is 18.1 Å². The average Bonchev–Trinajstić information content (AvgIpc) is 3.39. The maximum absolute atomic E-state index is 14.2. The number of anilines is 1. The van der Waals surface area contributed by atoms with Gasteiger partial charge in [0.1, 0.15) is 23.1 Å². The fraction of sp³-hybridized carbons (Fsp3) is 0.281. The number of thiophene rings is 1. The first-order chi connectivity index (χ1) is 20.6. The molecule has 1 fully saturated rings. The molecular formula is C32H33N5O5S. The Labute approximate surface area is 252 Å². The molecule has 6 rings (SSSR count). The summed E-state index contributed by atoms with van der Waals surface area (Å²) in [6.07, 6.45) is 1.37. The molecule has 2 unspecified atom stereocenters. The van der Waals surface area contributed by atoms with E-state index in [4.69, 9.17) is 32.4 Å². The van der Waals surface area contributed by atoms with Crippen molar-refractivity contribution in [2.75, 3.05) is 5.73 Å². The normalized spacial score (nSPS) is 23.1. The Kier molecular flexibility index (Phi) is 7.33. The second-order valence-electron chi connectivity index (χ2n) is 11.2. The van der Waals surface area contributed by atoms with E-state index >= 15 is 0 Å². The van der Waals surface area contributed by atoms with Crippen LogP contribution in [0, 0.1) is 6.92 Å². The Morgan fingerprint density at radius 1 is 0.977 bits per heavy atom. The smallest absolute Gasteiger partial charge is 0.404 e. The number of amides is 2. The minimum atomic E-state index is -1.57. The highest BCUT2D eigenvalue weighted by Gasteiger charge is 2.49. The molecule has 2 aliphatic rings. The van der Waals surface area contributed by atoms with Crippen molar-refractivity contribution >= 4 is 44.9 Å². The number of nitrogens with two attached hydrogens (primary N) is 4. The third-order valence-corrected chi connectivity index (χ3v) is 9.67. The van der Waals surface area contributed by atoms with Gasteiger partial charge in [0.15, 0.2) is 5.78 Å². The van der Waals surface area contributed by atoms with Gasteiger partial charge < -0.3 is 37.7 Å². The molecule has 0 bridgehead atoms. The molecule has 10 nitrogen and oxygen atoms in total. The van der Waals surface area contributed by atoms with E-state index in [2.05, 4.69) is 5.32 Å². The van der Waals surface area contributed by atoms with Gasteiger partial charge in [0.2, 0.25) is 0 Å². The number of aryl methyl sites for hydroxylation is 1. The number of nitrogen functional groups attached to an aromatic ring is 1. The Morgan fingerprint density at radius 3 is 2.35 bits per heavy atom. The molecular weight excluding hydrogens is 566 g/mol. The van der Waals surface area contributed by atoms with E-state index in [9.17, 15) is 14.4 Å². The molecule has 11 heteroatoms. The summed E-state index contributed by atoms with van der Waals surface area (Å²) in [7, 11) is 0. The molecule has 0 saturated heterocycles. The van der Waals surface area contributed by atoms with Gasteiger partial charge in [0, 0.05) is 22.7 Å². The van der Waals surface area contributed by atoms with Crippen LogP contribution in [-0.2, 0) is 15.1 Å². The fourth-order valence-electron chi connectivity index (χ4n) is 6.33. The van der Waals surface area contributed by atoms with Crippen LogP contribution in [0.5, 0.6) is 11.5 Å². The first-order valence-corrected chi connectivity index (χ1v) is 14.9. The number of Topliss-reactive ketones (excluding diaryl/α,β-unsaturated/α-hetero) is 1. The minimum Gasteiger partial charge on any atom is -0.457 e. The van der Waals surface area contributed by atoms with E-state index in [0.29, 0.717) is 74.5 Å². The summed E-state index contributed by atoms with van der Waals surface area (Å²) >= 11 is 1.21.